The highest BCUT2D eigenvalue weighted by Crippen LogP contribution is 2.33. The molecule has 0 spiro atoms. The first-order valence-corrected chi connectivity index (χ1v) is 9.71. The second kappa shape index (κ2) is 7.94. The standard InChI is InChI=1S/C21H25F2N5O/c1-26(2)14-8-11-27(12-9-14)18-13-15(7-10-24-18)28-16-5-4-6-17(29-3)19(16)25-21(28)20(22)23/h4-7,10,13-14,20H,8-9,11-12H2,1-3H3. The molecule has 8 heteroatoms. The SMILES string of the molecule is COc1cccc2c1nc(C(F)F)n2-c1ccnc(N2CCC(N(C)C)CC2)c1. The average Bonchev–Trinajstić information content (AvgIpc) is 3.14. The predicted octanol–water partition coefficient (Wildman–Crippen LogP) is 3.90. The third-order valence-electron chi connectivity index (χ3n) is 5.60. The number of pyridine rings is 1. The fourth-order valence-corrected chi connectivity index (χ4v) is 4.01. The summed E-state index contributed by atoms with van der Waals surface area (Å²) < 4.78 is 34.4. The Balaban J connectivity index is 1.74. The predicted molar refractivity (Wildman–Crippen MR) is 109 cm³/mol. The zero-order valence-corrected chi connectivity index (χ0v) is 16.8. The molecule has 2 aromatic heterocycles. The molecule has 29 heavy (non-hydrogen) atoms. The lowest BCUT2D eigenvalue weighted by molar-refractivity contribution is 0.139. The molecule has 0 amide bonds. The number of anilines is 1. The summed E-state index contributed by atoms with van der Waals surface area (Å²) in [7, 11) is 5.71. The smallest absolute Gasteiger partial charge is 0.295 e. The van der Waals surface area contributed by atoms with Crippen LogP contribution in [0.4, 0.5) is 14.6 Å². The van der Waals surface area contributed by atoms with Crippen molar-refractivity contribution in [1.29, 1.82) is 0 Å². The first-order chi connectivity index (χ1) is 14.0. The van der Waals surface area contributed by atoms with E-state index in [4.69, 9.17) is 4.74 Å². The molecular weight excluding hydrogens is 376 g/mol. The lowest BCUT2D eigenvalue weighted by Gasteiger charge is -2.35. The van der Waals surface area contributed by atoms with Crippen LogP contribution < -0.4 is 9.64 Å². The number of benzene rings is 1. The molecule has 1 aromatic carbocycles. The van der Waals surface area contributed by atoms with Gasteiger partial charge in [0.15, 0.2) is 5.82 Å². The van der Waals surface area contributed by atoms with Gasteiger partial charge in [-0.15, -0.1) is 0 Å². The Morgan fingerprint density at radius 2 is 1.93 bits per heavy atom. The molecule has 4 rings (SSSR count). The van der Waals surface area contributed by atoms with Crippen molar-refractivity contribution in [2.75, 3.05) is 39.2 Å². The molecule has 1 saturated heterocycles. The number of rotatable bonds is 5. The lowest BCUT2D eigenvalue weighted by atomic mass is 10.0. The lowest BCUT2D eigenvalue weighted by Crippen LogP contribution is -2.42. The molecule has 154 valence electrons. The maximum atomic E-state index is 13.8. The summed E-state index contributed by atoms with van der Waals surface area (Å²) in [6.07, 6.45) is 1.06. The van der Waals surface area contributed by atoms with E-state index >= 15 is 0 Å². The average molecular weight is 401 g/mol. The van der Waals surface area contributed by atoms with E-state index in [9.17, 15) is 8.78 Å². The molecule has 0 bridgehead atoms. The Labute approximate surface area is 168 Å². The molecule has 0 atom stereocenters. The van der Waals surface area contributed by atoms with E-state index in [0.29, 0.717) is 28.5 Å². The van der Waals surface area contributed by atoms with Gasteiger partial charge in [0.05, 0.1) is 18.3 Å². The molecule has 0 radical (unpaired) electrons. The van der Waals surface area contributed by atoms with E-state index in [0.717, 1.165) is 31.7 Å². The van der Waals surface area contributed by atoms with Crippen LogP contribution in [0.5, 0.6) is 5.75 Å². The maximum Gasteiger partial charge on any atom is 0.295 e. The molecular formula is C21H25F2N5O. The molecule has 6 nitrogen and oxygen atoms in total. The van der Waals surface area contributed by atoms with Gasteiger partial charge >= 0.3 is 0 Å². The zero-order chi connectivity index (χ0) is 20.5. The number of nitrogens with zero attached hydrogens (tertiary/aromatic N) is 5. The van der Waals surface area contributed by atoms with Crippen molar-refractivity contribution in [2.45, 2.75) is 25.3 Å². The number of alkyl halides is 2. The molecule has 0 N–H and O–H groups in total. The number of methoxy groups -OCH3 is 1. The van der Waals surface area contributed by atoms with Gasteiger partial charge in [-0.05, 0) is 45.1 Å². The van der Waals surface area contributed by atoms with Crippen molar-refractivity contribution in [3.8, 4) is 11.4 Å². The van der Waals surface area contributed by atoms with E-state index in [-0.39, 0.29) is 5.82 Å². The van der Waals surface area contributed by atoms with Crippen molar-refractivity contribution in [1.82, 2.24) is 19.4 Å². The minimum Gasteiger partial charge on any atom is -0.494 e. The fraction of sp³-hybridized carbons (Fsp3) is 0.429. The molecule has 0 saturated carbocycles. The molecule has 1 fully saturated rings. The van der Waals surface area contributed by atoms with Crippen LogP contribution in [-0.2, 0) is 0 Å². The highest BCUT2D eigenvalue weighted by molar-refractivity contribution is 5.84. The highest BCUT2D eigenvalue weighted by atomic mass is 19.3. The molecule has 3 heterocycles. The Kier molecular flexibility index (Phi) is 5.36. The van der Waals surface area contributed by atoms with E-state index in [1.165, 1.54) is 11.7 Å². The van der Waals surface area contributed by atoms with Crippen LogP contribution in [0, 0.1) is 0 Å². The number of piperidine rings is 1. The first-order valence-electron chi connectivity index (χ1n) is 9.71. The van der Waals surface area contributed by atoms with Crippen molar-refractivity contribution in [2.24, 2.45) is 0 Å². The van der Waals surface area contributed by atoms with Gasteiger partial charge < -0.3 is 14.5 Å². The van der Waals surface area contributed by atoms with Gasteiger partial charge in [-0.25, -0.2) is 18.7 Å². The van der Waals surface area contributed by atoms with Crippen LogP contribution in [0.25, 0.3) is 16.7 Å². The van der Waals surface area contributed by atoms with Gasteiger partial charge in [0.1, 0.15) is 17.1 Å². The van der Waals surface area contributed by atoms with Crippen molar-refractivity contribution in [3.05, 3.63) is 42.4 Å². The fourth-order valence-electron chi connectivity index (χ4n) is 4.01. The number of para-hydroxylation sites is 1. The topological polar surface area (TPSA) is 46.4 Å². The second-order valence-corrected chi connectivity index (χ2v) is 7.49. The van der Waals surface area contributed by atoms with Gasteiger partial charge in [-0.3, -0.25) is 4.57 Å². The molecule has 3 aromatic rings. The van der Waals surface area contributed by atoms with Crippen LogP contribution in [0.3, 0.4) is 0 Å². The molecule has 1 aliphatic rings. The van der Waals surface area contributed by atoms with Gasteiger partial charge in [0.2, 0.25) is 0 Å². The van der Waals surface area contributed by atoms with Crippen molar-refractivity contribution >= 4 is 16.9 Å². The monoisotopic (exact) mass is 401 g/mol. The number of imidazole rings is 1. The van der Waals surface area contributed by atoms with E-state index in [1.807, 2.05) is 6.07 Å². The number of halogens is 2. The number of fused-ring (bicyclic) bond motifs is 1. The van der Waals surface area contributed by atoms with Crippen LogP contribution >= 0.6 is 0 Å². The van der Waals surface area contributed by atoms with Crippen molar-refractivity contribution in [3.63, 3.8) is 0 Å². The van der Waals surface area contributed by atoms with Crippen LogP contribution in [0.15, 0.2) is 36.5 Å². The molecule has 1 aliphatic heterocycles. The largest absolute Gasteiger partial charge is 0.494 e. The van der Waals surface area contributed by atoms with Crippen LogP contribution in [0.1, 0.15) is 25.1 Å². The summed E-state index contributed by atoms with van der Waals surface area (Å²) in [5.41, 5.74) is 1.63. The number of hydrogen-bond donors (Lipinski definition) is 0. The maximum absolute atomic E-state index is 13.8. The van der Waals surface area contributed by atoms with Crippen LogP contribution in [0.2, 0.25) is 0 Å². The van der Waals surface area contributed by atoms with Gasteiger partial charge in [-0.1, -0.05) is 6.07 Å². The van der Waals surface area contributed by atoms with E-state index in [1.54, 1.807) is 30.5 Å². The Hall–Kier alpha value is -2.74. The number of hydrogen-bond acceptors (Lipinski definition) is 5. The summed E-state index contributed by atoms with van der Waals surface area (Å²) in [5, 5.41) is 0. The normalized spacial score (nSPS) is 15.6. The summed E-state index contributed by atoms with van der Waals surface area (Å²) >= 11 is 0. The van der Waals surface area contributed by atoms with Gasteiger partial charge in [0, 0.05) is 31.4 Å². The summed E-state index contributed by atoms with van der Waals surface area (Å²) in [4.78, 5) is 13.1. The quantitative estimate of drug-likeness (QED) is 0.649. The number of aromatic nitrogens is 3. The van der Waals surface area contributed by atoms with Gasteiger partial charge in [0.25, 0.3) is 6.43 Å². The minimum absolute atomic E-state index is 0.298. The molecule has 0 aliphatic carbocycles. The highest BCUT2D eigenvalue weighted by Gasteiger charge is 2.24. The summed E-state index contributed by atoms with van der Waals surface area (Å²) in [6, 6.07) is 9.44. The van der Waals surface area contributed by atoms with E-state index < -0.39 is 6.43 Å². The Bertz CT molecular complexity index is 996. The summed E-state index contributed by atoms with van der Waals surface area (Å²) in [6.45, 7) is 1.78. The number of ether oxygens (including phenoxy) is 1. The minimum atomic E-state index is -2.71. The summed E-state index contributed by atoms with van der Waals surface area (Å²) in [5.74, 6) is 0.973. The Morgan fingerprint density at radius 1 is 1.17 bits per heavy atom. The third-order valence-corrected chi connectivity index (χ3v) is 5.60. The van der Waals surface area contributed by atoms with Crippen LogP contribution in [-0.4, -0.2) is 59.8 Å². The van der Waals surface area contributed by atoms with Crippen molar-refractivity contribution < 1.29 is 13.5 Å². The first kappa shape index (κ1) is 19.6. The Morgan fingerprint density at radius 3 is 2.59 bits per heavy atom. The third kappa shape index (κ3) is 3.64. The van der Waals surface area contributed by atoms with Gasteiger partial charge in [-0.2, -0.15) is 0 Å². The zero-order valence-electron chi connectivity index (χ0n) is 16.8. The van der Waals surface area contributed by atoms with E-state index in [2.05, 4.69) is 33.9 Å². The second-order valence-electron chi connectivity index (χ2n) is 7.49. The molecule has 0 unspecified atom stereocenters.